The van der Waals surface area contributed by atoms with E-state index in [0.29, 0.717) is 44.0 Å². The number of hydrogen-bond acceptors (Lipinski definition) is 7. The van der Waals surface area contributed by atoms with E-state index >= 15 is 0 Å². The van der Waals surface area contributed by atoms with Crippen LogP contribution in [0.4, 0.5) is 10.6 Å². The first-order valence-electron chi connectivity index (χ1n) is 14.6. The van der Waals surface area contributed by atoms with E-state index in [1.807, 2.05) is 51.7 Å². The standard InChI is InChI=1S/C31H42ClN5O4/c1-19-17-23(38)26-24(19)27(34-18-33-26)35-13-15-36(16-14-35)28(39)25(20-7-9-21(32)10-8-20)22-11-12-31(5,6)37(22)29(40)41-30(2,3)4/h7-10,18-19,22-23,25,38H,11-17H2,1-6H3/t19-,22+,23-,25+/m1/s1. The van der Waals surface area contributed by atoms with Crippen LogP contribution in [0, 0.1) is 0 Å². The van der Waals surface area contributed by atoms with Gasteiger partial charge in [0.05, 0.1) is 23.8 Å². The van der Waals surface area contributed by atoms with Crippen LogP contribution in [0.25, 0.3) is 0 Å². The zero-order valence-electron chi connectivity index (χ0n) is 24.9. The molecular formula is C31H42ClN5O4. The maximum Gasteiger partial charge on any atom is 0.411 e. The third kappa shape index (κ3) is 5.89. The molecule has 41 heavy (non-hydrogen) atoms. The third-order valence-electron chi connectivity index (χ3n) is 8.68. The number of ether oxygens (including phenoxy) is 1. The van der Waals surface area contributed by atoms with Gasteiger partial charge in [0.1, 0.15) is 17.7 Å². The van der Waals surface area contributed by atoms with E-state index in [-0.39, 0.29) is 17.9 Å². The van der Waals surface area contributed by atoms with E-state index in [2.05, 4.69) is 21.8 Å². The second-order valence-electron chi connectivity index (χ2n) is 13.3. The zero-order valence-corrected chi connectivity index (χ0v) is 25.7. The fourth-order valence-corrected chi connectivity index (χ4v) is 6.82. The van der Waals surface area contributed by atoms with Crippen molar-refractivity contribution in [3.8, 4) is 0 Å². The summed E-state index contributed by atoms with van der Waals surface area (Å²) in [4.78, 5) is 42.8. The van der Waals surface area contributed by atoms with Gasteiger partial charge in [0.25, 0.3) is 0 Å². The molecule has 9 nitrogen and oxygen atoms in total. The molecule has 0 unspecified atom stereocenters. The van der Waals surface area contributed by atoms with Crippen molar-refractivity contribution >= 4 is 29.4 Å². The van der Waals surface area contributed by atoms with Crippen molar-refractivity contribution < 1.29 is 19.4 Å². The number of halogens is 1. The van der Waals surface area contributed by atoms with Crippen LogP contribution in [0.15, 0.2) is 30.6 Å². The minimum atomic E-state index is -0.648. The lowest BCUT2D eigenvalue weighted by molar-refractivity contribution is -0.134. The summed E-state index contributed by atoms with van der Waals surface area (Å²) in [5, 5.41) is 11.0. The lowest BCUT2D eigenvalue weighted by Gasteiger charge is -2.42. The summed E-state index contributed by atoms with van der Waals surface area (Å²) in [6.07, 6.45) is 2.68. The Morgan fingerprint density at radius 2 is 1.76 bits per heavy atom. The van der Waals surface area contributed by atoms with Crippen LogP contribution >= 0.6 is 11.6 Å². The van der Waals surface area contributed by atoms with E-state index < -0.39 is 29.3 Å². The molecule has 1 N–H and O–H groups in total. The molecule has 2 saturated heterocycles. The predicted octanol–water partition coefficient (Wildman–Crippen LogP) is 5.28. The van der Waals surface area contributed by atoms with Crippen LogP contribution in [-0.4, -0.2) is 80.2 Å². The number of carbonyl (C=O) groups is 2. The first-order valence-corrected chi connectivity index (χ1v) is 15.0. The molecule has 0 radical (unpaired) electrons. The summed E-state index contributed by atoms with van der Waals surface area (Å²) < 4.78 is 5.84. The number of rotatable bonds is 4. The van der Waals surface area contributed by atoms with Gasteiger partial charge in [-0.3, -0.25) is 9.69 Å². The fraction of sp³-hybridized carbons (Fsp3) is 0.613. The van der Waals surface area contributed by atoms with Crippen molar-refractivity contribution in [2.45, 2.75) is 95.9 Å². The maximum atomic E-state index is 14.4. The Morgan fingerprint density at radius 1 is 1.10 bits per heavy atom. The van der Waals surface area contributed by atoms with Crippen molar-refractivity contribution in [1.82, 2.24) is 19.8 Å². The molecule has 0 saturated carbocycles. The summed E-state index contributed by atoms with van der Waals surface area (Å²) in [5.74, 6) is 0.482. The Kier molecular flexibility index (Phi) is 7.98. The number of anilines is 1. The van der Waals surface area contributed by atoms with Gasteiger partial charge < -0.3 is 19.6 Å². The predicted molar refractivity (Wildman–Crippen MR) is 158 cm³/mol. The van der Waals surface area contributed by atoms with Crippen LogP contribution in [0.5, 0.6) is 0 Å². The normalized spacial score (nSPS) is 24.8. The van der Waals surface area contributed by atoms with Crippen molar-refractivity contribution in [3.05, 3.63) is 52.4 Å². The second-order valence-corrected chi connectivity index (χ2v) is 13.7. The van der Waals surface area contributed by atoms with Crippen molar-refractivity contribution in [2.75, 3.05) is 31.1 Å². The summed E-state index contributed by atoms with van der Waals surface area (Å²) in [5.41, 5.74) is 1.47. The lowest BCUT2D eigenvalue weighted by atomic mass is 9.88. The molecule has 222 valence electrons. The van der Waals surface area contributed by atoms with Gasteiger partial charge in [-0.15, -0.1) is 0 Å². The Balaban J connectivity index is 1.40. The van der Waals surface area contributed by atoms with Crippen molar-refractivity contribution in [1.29, 1.82) is 0 Å². The zero-order chi connectivity index (χ0) is 29.7. The number of nitrogens with zero attached hydrogens (tertiary/aromatic N) is 5. The average molecular weight is 584 g/mol. The highest BCUT2D eigenvalue weighted by Crippen LogP contribution is 2.44. The number of fused-ring (bicyclic) bond motifs is 1. The first kappa shape index (κ1) is 29.6. The van der Waals surface area contributed by atoms with Gasteiger partial charge in [0, 0.05) is 42.3 Å². The molecule has 1 aromatic heterocycles. The van der Waals surface area contributed by atoms with E-state index in [1.165, 1.54) is 6.33 Å². The quantitative estimate of drug-likeness (QED) is 0.523. The number of aliphatic hydroxyl groups is 1. The number of aromatic nitrogens is 2. The minimum Gasteiger partial charge on any atom is -0.444 e. The topological polar surface area (TPSA) is 99.1 Å². The summed E-state index contributed by atoms with van der Waals surface area (Å²) in [6, 6.07) is 7.06. The molecule has 0 bridgehead atoms. The number of piperazine rings is 1. The monoisotopic (exact) mass is 583 g/mol. The molecular weight excluding hydrogens is 542 g/mol. The third-order valence-corrected chi connectivity index (χ3v) is 8.93. The summed E-state index contributed by atoms with van der Waals surface area (Å²) in [6.45, 7) is 14.1. The molecule has 10 heteroatoms. The fourth-order valence-electron chi connectivity index (χ4n) is 6.70. The van der Waals surface area contributed by atoms with Crippen molar-refractivity contribution in [2.24, 2.45) is 0 Å². The van der Waals surface area contributed by atoms with Crippen LogP contribution in [0.2, 0.25) is 5.02 Å². The number of carbonyl (C=O) groups excluding carboxylic acids is 2. The van der Waals surface area contributed by atoms with Gasteiger partial charge in [0.2, 0.25) is 5.91 Å². The van der Waals surface area contributed by atoms with Gasteiger partial charge in [-0.05, 0) is 77.5 Å². The van der Waals surface area contributed by atoms with Crippen LogP contribution in [0.1, 0.15) is 95.6 Å². The number of amides is 2. The molecule has 2 amide bonds. The van der Waals surface area contributed by atoms with E-state index in [0.717, 1.165) is 29.1 Å². The number of likely N-dealkylation sites (tertiary alicyclic amines) is 1. The molecule has 0 spiro atoms. The minimum absolute atomic E-state index is 0.0000576. The number of hydrogen-bond donors (Lipinski definition) is 1. The van der Waals surface area contributed by atoms with Gasteiger partial charge >= 0.3 is 6.09 Å². The lowest BCUT2D eigenvalue weighted by Crippen LogP contribution is -2.55. The second kappa shape index (κ2) is 11.1. The van der Waals surface area contributed by atoms with Crippen LogP contribution < -0.4 is 4.90 Å². The van der Waals surface area contributed by atoms with Crippen molar-refractivity contribution in [3.63, 3.8) is 0 Å². The molecule has 2 aromatic rings. The Bertz CT molecular complexity index is 1290. The number of aliphatic hydroxyl groups excluding tert-OH is 1. The van der Waals surface area contributed by atoms with Gasteiger partial charge in [0.15, 0.2) is 0 Å². The smallest absolute Gasteiger partial charge is 0.411 e. The molecule has 3 aliphatic rings. The summed E-state index contributed by atoms with van der Waals surface area (Å²) >= 11 is 6.22. The Hall–Kier alpha value is -2.91. The SMILES string of the molecule is C[C@@H]1C[C@@H](O)c2ncnc(N3CCN(C(=O)[C@@H](c4ccc(Cl)cc4)[C@@H]4CCC(C)(C)N4C(=O)OC(C)(C)C)CC3)c21. The highest BCUT2D eigenvalue weighted by Gasteiger charge is 2.50. The molecule has 5 rings (SSSR count). The highest BCUT2D eigenvalue weighted by atomic mass is 35.5. The molecule has 3 heterocycles. The molecule has 4 atom stereocenters. The van der Waals surface area contributed by atoms with Crippen LogP contribution in [-0.2, 0) is 9.53 Å². The number of benzene rings is 1. The highest BCUT2D eigenvalue weighted by molar-refractivity contribution is 6.30. The van der Waals surface area contributed by atoms with E-state index in [1.54, 1.807) is 17.0 Å². The summed E-state index contributed by atoms with van der Waals surface area (Å²) in [7, 11) is 0. The molecule has 2 fully saturated rings. The van der Waals surface area contributed by atoms with Gasteiger partial charge in [-0.25, -0.2) is 14.8 Å². The first-order chi connectivity index (χ1) is 19.3. The molecule has 1 aromatic carbocycles. The van der Waals surface area contributed by atoms with Gasteiger partial charge in [-0.1, -0.05) is 30.7 Å². The molecule has 1 aliphatic carbocycles. The maximum absolute atomic E-state index is 14.4. The Labute approximate surface area is 247 Å². The van der Waals surface area contributed by atoms with Crippen LogP contribution in [0.3, 0.4) is 0 Å². The molecule has 2 aliphatic heterocycles. The average Bonchev–Trinajstić information content (AvgIpc) is 3.38. The largest absolute Gasteiger partial charge is 0.444 e. The van der Waals surface area contributed by atoms with E-state index in [4.69, 9.17) is 16.3 Å². The van der Waals surface area contributed by atoms with E-state index in [9.17, 15) is 14.7 Å². The Morgan fingerprint density at radius 3 is 2.39 bits per heavy atom. The van der Waals surface area contributed by atoms with Gasteiger partial charge in [-0.2, -0.15) is 0 Å².